The fourth-order valence-electron chi connectivity index (χ4n) is 3.15. The Morgan fingerprint density at radius 3 is 2.64 bits per heavy atom. The first kappa shape index (κ1) is 17.9. The number of hydrogen-bond donors (Lipinski definition) is 1. The standard InChI is InChI=1S/C21H18F2N4O/c1-26-8-6-16-10-14(3-5-19(16)26)12-21(28)24-20-7-9-27(25-20)13-15-2-4-17(22)18(23)11-15/h2-11H,12-13H2,1H3,(H,24,25,28). The molecule has 5 nitrogen and oxygen atoms in total. The van der Waals surface area contributed by atoms with Gasteiger partial charge < -0.3 is 9.88 Å². The first-order chi connectivity index (χ1) is 13.5. The number of carbonyl (C=O) groups excluding carboxylic acids is 1. The molecule has 0 spiro atoms. The average Bonchev–Trinajstić information content (AvgIpc) is 3.24. The summed E-state index contributed by atoms with van der Waals surface area (Å²) in [5.74, 6) is -1.54. The molecule has 2 aromatic carbocycles. The van der Waals surface area contributed by atoms with Crippen molar-refractivity contribution in [1.29, 1.82) is 0 Å². The lowest BCUT2D eigenvalue weighted by Crippen LogP contribution is -2.15. The summed E-state index contributed by atoms with van der Waals surface area (Å²) >= 11 is 0. The number of aromatic nitrogens is 3. The van der Waals surface area contributed by atoms with Crippen LogP contribution in [0.15, 0.2) is 60.9 Å². The van der Waals surface area contributed by atoms with Gasteiger partial charge in [0.2, 0.25) is 5.91 Å². The Bertz CT molecular complexity index is 1160. The predicted octanol–water partition coefficient (Wildman–Crippen LogP) is 3.88. The van der Waals surface area contributed by atoms with Gasteiger partial charge in [-0.05, 0) is 46.8 Å². The third-order valence-corrected chi connectivity index (χ3v) is 4.55. The third-order valence-electron chi connectivity index (χ3n) is 4.55. The van der Waals surface area contributed by atoms with Crippen LogP contribution in [0.2, 0.25) is 0 Å². The summed E-state index contributed by atoms with van der Waals surface area (Å²) in [4.78, 5) is 12.3. The molecular weight excluding hydrogens is 362 g/mol. The number of hydrogen-bond acceptors (Lipinski definition) is 2. The van der Waals surface area contributed by atoms with E-state index in [9.17, 15) is 13.6 Å². The number of halogens is 2. The van der Waals surface area contributed by atoms with E-state index in [0.717, 1.165) is 28.6 Å². The van der Waals surface area contributed by atoms with E-state index in [0.29, 0.717) is 11.4 Å². The molecule has 4 aromatic rings. The highest BCUT2D eigenvalue weighted by atomic mass is 19.2. The van der Waals surface area contributed by atoms with Crippen LogP contribution in [0.25, 0.3) is 10.9 Å². The van der Waals surface area contributed by atoms with E-state index in [1.165, 1.54) is 6.07 Å². The molecule has 0 bridgehead atoms. The number of anilines is 1. The molecule has 7 heteroatoms. The van der Waals surface area contributed by atoms with Crippen molar-refractivity contribution in [2.24, 2.45) is 7.05 Å². The normalized spacial score (nSPS) is 11.1. The number of fused-ring (bicyclic) bond motifs is 1. The number of nitrogens with one attached hydrogen (secondary N) is 1. The van der Waals surface area contributed by atoms with Gasteiger partial charge in [0, 0.05) is 31.0 Å². The van der Waals surface area contributed by atoms with Gasteiger partial charge in [0.05, 0.1) is 13.0 Å². The van der Waals surface area contributed by atoms with Crippen molar-refractivity contribution in [2.75, 3.05) is 5.32 Å². The van der Waals surface area contributed by atoms with Crippen molar-refractivity contribution in [3.05, 3.63) is 83.7 Å². The van der Waals surface area contributed by atoms with E-state index < -0.39 is 11.6 Å². The molecule has 142 valence electrons. The van der Waals surface area contributed by atoms with E-state index >= 15 is 0 Å². The van der Waals surface area contributed by atoms with Gasteiger partial charge in [0.15, 0.2) is 17.5 Å². The fourth-order valence-corrected chi connectivity index (χ4v) is 3.15. The number of nitrogens with zero attached hydrogens (tertiary/aromatic N) is 3. The summed E-state index contributed by atoms with van der Waals surface area (Å²) in [6, 6.07) is 13.3. The Morgan fingerprint density at radius 2 is 1.82 bits per heavy atom. The molecule has 0 unspecified atom stereocenters. The van der Waals surface area contributed by atoms with Crippen molar-refractivity contribution in [1.82, 2.24) is 14.3 Å². The molecule has 1 N–H and O–H groups in total. The molecule has 0 saturated carbocycles. The van der Waals surface area contributed by atoms with Crippen LogP contribution >= 0.6 is 0 Å². The molecule has 2 heterocycles. The molecule has 1 amide bonds. The summed E-state index contributed by atoms with van der Waals surface area (Å²) < 4.78 is 29.9. The van der Waals surface area contributed by atoms with Crippen LogP contribution in [0.3, 0.4) is 0 Å². The van der Waals surface area contributed by atoms with E-state index in [1.807, 2.05) is 42.1 Å². The van der Waals surface area contributed by atoms with Gasteiger partial charge in [-0.3, -0.25) is 9.48 Å². The van der Waals surface area contributed by atoms with Crippen LogP contribution in [-0.2, 0) is 24.8 Å². The van der Waals surface area contributed by atoms with E-state index in [4.69, 9.17) is 0 Å². The Kier molecular flexibility index (Phi) is 4.65. The zero-order valence-electron chi connectivity index (χ0n) is 15.2. The van der Waals surface area contributed by atoms with Crippen LogP contribution in [0.4, 0.5) is 14.6 Å². The minimum absolute atomic E-state index is 0.173. The van der Waals surface area contributed by atoms with E-state index in [2.05, 4.69) is 10.4 Å². The second-order valence-electron chi connectivity index (χ2n) is 6.69. The van der Waals surface area contributed by atoms with E-state index in [-0.39, 0.29) is 18.9 Å². The van der Waals surface area contributed by atoms with Gasteiger partial charge in [-0.25, -0.2) is 8.78 Å². The molecule has 0 atom stereocenters. The lowest BCUT2D eigenvalue weighted by molar-refractivity contribution is -0.115. The summed E-state index contributed by atoms with van der Waals surface area (Å²) in [5, 5.41) is 8.10. The van der Waals surface area contributed by atoms with Crippen LogP contribution < -0.4 is 5.32 Å². The number of aryl methyl sites for hydroxylation is 1. The van der Waals surface area contributed by atoms with Gasteiger partial charge in [0.25, 0.3) is 0 Å². The minimum atomic E-state index is -0.895. The van der Waals surface area contributed by atoms with Crippen molar-refractivity contribution in [2.45, 2.75) is 13.0 Å². The highest BCUT2D eigenvalue weighted by molar-refractivity contribution is 5.92. The van der Waals surface area contributed by atoms with Crippen LogP contribution in [0.5, 0.6) is 0 Å². The molecule has 0 aliphatic rings. The molecule has 4 rings (SSSR count). The summed E-state index contributed by atoms with van der Waals surface area (Å²) in [6.45, 7) is 0.276. The molecular formula is C21H18F2N4O. The molecule has 2 aromatic heterocycles. The van der Waals surface area contributed by atoms with Crippen LogP contribution in [-0.4, -0.2) is 20.3 Å². The highest BCUT2D eigenvalue weighted by Gasteiger charge is 2.09. The molecule has 0 saturated heterocycles. The van der Waals surface area contributed by atoms with Crippen molar-refractivity contribution in [3.63, 3.8) is 0 Å². The number of carbonyl (C=O) groups is 1. The Morgan fingerprint density at radius 1 is 1.00 bits per heavy atom. The van der Waals surface area contributed by atoms with Crippen molar-refractivity contribution < 1.29 is 13.6 Å². The van der Waals surface area contributed by atoms with Gasteiger partial charge in [0.1, 0.15) is 0 Å². The van der Waals surface area contributed by atoms with Crippen molar-refractivity contribution in [3.8, 4) is 0 Å². The second kappa shape index (κ2) is 7.26. The number of amides is 1. The summed E-state index contributed by atoms with van der Waals surface area (Å²) in [7, 11) is 1.98. The van der Waals surface area contributed by atoms with Crippen molar-refractivity contribution >= 4 is 22.6 Å². The van der Waals surface area contributed by atoms with Gasteiger partial charge in [-0.2, -0.15) is 5.10 Å². The topological polar surface area (TPSA) is 51.9 Å². The van der Waals surface area contributed by atoms with Crippen LogP contribution in [0, 0.1) is 11.6 Å². The average molecular weight is 380 g/mol. The van der Waals surface area contributed by atoms with Gasteiger partial charge >= 0.3 is 0 Å². The maximum absolute atomic E-state index is 13.3. The summed E-state index contributed by atoms with van der Waals surface area (Å²) in [6.07, 6.45) is 3.89. The first-order valence-corrected chi connectivity index (χ1v) is 8.79. The third kappa shape index (κ3) is 3.78. The Hall–Kier alpha value is -3.48. The maximum atomic E-state index is 13.3. The first-order valence-electron chi connectivity index (χ1n) is 8.79. The van der Waals surface area contributed by atoms with Gasteiger partial charge in [-0.15, -0.1) is 0 Å². The lowest BCUT2D eigenvalue weighted by atomic mass is 10.1. The Balaban J connectivity index is 1.39. The number of rotatable bonds is 5. The molecule has 0 radical (unpaired) electrons. The quantitative estimate of drug-likeness (QED) is 0.571. The zero-order chi connectivity index (χ0) is 19.7. The predicted molar refractivity (Wildman–Crippen MR) is 103 cm³/mol. The smallest absolute Gasteiger partial charge is 0.229 e. The molecule has 28 heavy (non-hydrogen) atoms. The molecule has 0 fully saturated rings. The maximum Gasteiger partial charge on any atom is 0.229 e. The monoisotopic (exact) mass is 380 g/mol. The summed E-state index contributed by atoms with van der Waals surface area (Å²) in [5.41, 5.74) is 2.61. The van der Waals surface area contributed by atoms with Gasteiger partial charge in [-0.1, -0.05) is 12.1 Å². The lowest BCUT2D eigenvalue weighted by Gasteiger charge is -2.05. The molecule has 0 aliphatic carbocycles. The SMILES string of the molecule is Cn1ccc2cc(CC(=O)Nc3ccn(Cc4ccc(F)c(F)c4)n3)ccc21. The molecule has 0 aliphatic heterocycles. The number of benzene rings is 2. The Labute approximate surface area is 160 Å². The highest BCUT2D eigenvalue weighted by Crippen LogP contribution is 2.17. The van der Waals surface area contributed by atoms with Crippen LogP contribution in [0.1, 0.15) is 11.1 Å². The zero-order valence-corrected chi connectivity index (χ0v) is 15.2. The second-order valence-corrected chi connectivity index (χ2v) is 6.69. The fraction of sp³-hybridized carbons (Fsp3) is 0.143. The largest absolute Gasteiger partial charge is 0.351 e. The minimum Gasteiger partial charge on any atom is -0.351 e. The van der Waals surface area contributed by atoms with E-state index in [1.54, 1.807) is 16.9 Å².